The van der Waals surface area contributed by atoms with E-state index in [1.807, 2.05) is 19.1 Å². The first-order valence-electron chi connectivity index (χ1n) is 5.94. The molecule has 2 rings (SSSR count). The largest absolute Gasteiger partial charge is 0.457 e. The van der Waals surface area contributed by atoms with Crippen molar-refractivity contribution in [2.75, 3.05) is 0 Å². The standard InChI is InChI=1S/C14H15O5P/c1-10-5-7-12(8-6-10)19-13-4-2-3-11(9-13)14(15)20(16,17)18/h2-9,14-15H,1H3,(H2,16,17,18). The molecule has 20 heavy (non-hydrogen) atoms. The van der Waals surface area contributed by atoms with Gasteiger partial charge in [-0.3, -0.25) is 4.57 Å². The monoisotopic (exact) mass is 294 g/mol. The van der Waals surface area contributed by atoms with Gasteiger partial charge in [-0.25, -0.2) is 0 Å². The zero-order valence-electron chi connectivity index (χ0n) is 10.8. The Balaban J connectivity index is 2.22. The zero-order valence-corrected chi connectivity index (χ0v) is 11.7. The van der Waals surface area contributed by atoms with E-state index in [1.54, 1.807) is 24.3 Å². The lowest BCUT2D eigenvalue weighted by Gasteiger charge is -2.14. The van der Waals surface area contributed by atoms with E-state index in [-0.39, 0.29) is 5.56 Å². The van der Waals surface area contributed by atoms with Crippen LogP contribution in [-0.4, -0.2) is 14.9 Å². The van der Waals surface area contributed by atoms with Gasteiger partial charge in [0.05, 0.1) is 0 Å². The summed E-state index contributed by atoms with van der Waals surface area (Å²) in [7, 11) is -4.59. The van der Waals surface area contributed by atoms with E-state index < -0.39 is 13.4 Å². The molecule has 0 saturated carbocycles. The van der Waals surface area contributed by atoms with E-state index in [4.69, 9.17) is 14.5 Å². The Morgan fingerprint density at radius 2 is 1.70 bits per heavy atom. The van der Waals surface area contributed by atoms with E-state index in [9.17, 15) is 9.67 Å². The van der Waals surface area contributed by atoms with Gasteiger partial charge in [-0.2, -0.15) is 0 Å². The molecule has 2 aromatic rings. The number of benzene rings is 2. The van der Waals surface area contributed by atoms with Gasteiger partial charge in [0.15, 0.2) is 5.85 Å². The summed E-state index contributed by atoms with van der Waals surface area (Å²) in [5.41, 5.74) is 1.21. The number of aryl methyl sites for hydroxylation is 1. The van der Waals surface area contributed by atoms with Crippen molar-refractivity contribution < 1.29 is 24.2 Å². The highest BCUT2D eigenvalue weighted by Crippen LogP contribution is 2.50. The maximum atomic E-state index is 11.0. The molecule has 106 valence electrons. The molecular formula is C14H15O5P. The molecule has 0 spiro atoms. The molecule has 0 aliphatic heterocycles. The van der Waals surface area contributed by atoms with Crippen molar-refractivity contribution in [2.45, 2.75) is 12.8 Å². The van der Waals surface area contributed by atoms with Crippen LogP contribution in [0.4, 0.5) is 0 Å². The Morgan fingerprint density at radius 1 is 1.05 bits per heavy atom. The van der Waals surface area contributed by atoms with E-state index in [0.717, 1.165) is 5.56 Å². The average Bonchev–Trinajstić information content (AvgIpc) is 2.40. The first kappa shape index (κ1) is 14.8. The van der Waals surface area contributed by atoms with Crippen molar-refractivity contribution in [3.63, 3.8) is 0 Å². The van der Waals surface area contributed by atoms with Gasteiger partial charge in [-0.1, -0.05) is 29.8 Å². The molecule has 0 heterocycles. The van der Waals surface area contributed by atoms with Crippen LogP contribution in [0.25, 0.3) is 0 Å². The summed E-state index contributed by atoms with van der Waals surface area (Å²) < 4.78 is 16.6. The summed E-state index contributed by atoms with van der Waals surface area (Å²) in [6, 6.07) is 13.4. The maximum Gasteiger partial charge on any atom is 0.358 e. The van der Waals surface area contributed by atoms with Gasteiger partial charge < -0.3 is 19.6 Å². The fourth-order valence-electron chi connectivity index (χ4n) is 1.68. The second-order valence-corrected chi connectivity index (χ2v) is 6.12. The summed E-state index contributed by atoms with van der Waals surface area (Å²) in [5.74, 6) is -0.832. The Hall–Kier alpha value is -1.65. The summed E-state index contributed by atoms with van der Waals surface area (Å²) in [6.45, 7) is 1.96. The molecular weight excluding hydrogens is 279 g/mol. The van der Waals surface area contributed by atoms with Crippen molar-refractivity contribution >= 4 is 7.60 Å². The predicted octanol–water partition coefficient (Wildman–Crippen LogP) is 2.96. The lowest BCUT2D eigenvalue weighted by molar-refractivity contribution is 0.205. The van der Waals surface area contributed by atoms with Gasteiger partial charge in [0.2, 0.25) is 0 Å². The lowest BCUT2D eigenvalue weighted by Crippen LogP contribution is -1.98. The minimum absolute atomic E-state index is 0.114. The van der Waals surface area contributed by atoms with Crippen LogP contribution in [0.3, 0.4) is 0 Å². The predicted molar refractivity (Wildman–Crippen MR) is 74.7 cm³/mol. The number of aliphatic hydroxyl groups excluding tert-OH is 1. The normalized spacial score (nSPS) is 13.0. The van der Waals surface area contributed by atoms with Gasteiger partial charge >= 0.3 is 7.60 Å². The van der Waals surface area contributed by atoms with E-state index >= 15 is 0 Å². The van der Waals surface area contributed by atoms with Crippen molar-refractivity contribution in [3.8, 4) is 11.5 Å². The zero-order chi connectivity index (χ0) is 14.8. The third kappa shape index (κ3) is 3.68. The number of aliphatic hydroxyl groups is 1. The van der Waals surface area contributed by atoms with Crippen LogP contribution in [0.2, 0.25) is 0 Å². The Labute approximate surface area is 116 Å². The second-order valence-electron chi connectivity index (χ2n) is 4.45. The highest BCUT2D eigenvalue weighted by atomic mass is 31.2. The van der Waals surface area contributed by atoms with Gasteiger partial charge in [0, 0.05) is 0 Å². The molecule has 1 unspecified atom stereocenters. The third-order valence-corrected chi connectivity index (χ3v) is 3.67. The number of hydrogen-bond acceptors (Lipinski definition) is 3. The first-order chi connectivity index (χ1) is 9.36. The summed E-state index contributed by atoms with van der Waals surface area (Å²) in [5, 5.41) is 9.57. The van der Waals surface area contributed by atoms with Crippen LogP contribution in [0.5, 0.6) is 11.5 Å². The molecule has 0 aliphatic carbocycles. The molecule has 6 heteroatoms. The quantitative estimate of drug-likeness (QED) is 0.755. The van der Waals surface area contributed by atoms with Crippen LogP contribution in [0.15, 0.2) is 48.5 Å². The maximum absolute atomic E-state index is 11.0. The number of hydrogen-bond donors (Lipinski definition) is 3. The molecule has 3 N–H and O–H groups in total. The molecule has 0 fully saturated rings. The van der Waals surface area contributed by atoms with Crippen LogP contribution in [0.1, 0.15) is 17.0 Å². The van der Waals surface area contributed by atoms with Crippen molar-refractivity contribution in [1.82, 2.24) is 0 Å². The summed E-state index contributed by atoms with van der Waals surface area (Å²) in [4.78, 5) is 17.9. The average molecular weight is 294 g/mol. The molecule has 0 bridgehead atoms. The van der Waals surface area contributed by atoms with Gasteiger partial charge in [0.1, 0.15) is 11.5 Å². The Morgan fingerprint density at radius 3 is 2.30 bits per heavy atom. The third-order valence-electron chi connectivity index (χ3n) is 2.73. The minimum Gasteiger partial charge on any atom is -0.457 e. The molecule has 0 aliphatic rings. The molecule has 5 nitrogen and oxygen atoms in total. The van der Waals surface area contributed by atoms with Crippen LogP contribution >= 0.6 is 7.60 Å². The number of rotatable bonds is 4. The van der Waals surface area contributed by atoms with Crippen molar-refractivity contribution in [1.29, 1.82) is 0 Å². The van der Waals surface area contributed by atoms with Crippen LogP contribution in [0, 0.1) is 6.92 Å². The van der Waals surface area contributed by atoms with E-state index in [1.165, 1.54) is 12.1 Å². The lowest BCUT2D eigenvalue weighted by atomic mass is 10.2. The molecule has 0 radical (unpaired) electrons. The van der Waals surface area contributed by atoms with E-state index in [0.29, 0.717) is 11.5 Å². The van der Waals surface area contributed by atoms with Gasteiger partial charge in [0.25, 0.3) is 0 Å². The summed E-state index contributed by atoms with van der Waals surface area (Å²) >= 11 is 0. The van der Waals surface area contributed by atoms with Crippen LogP contribution < -0.4 is 4.74 Å². The molecule has 1 atom stereocenters. The second kappa shape index (κ2) is 5.77. The Kier molecular flexibility index (Phi) is 4.26. The topological polar surface area (TPSA) is 87.0 Å². The van der Waals surface area contributed by atoms with Gasteiger partial charge in [-0.15, -0.1) is 0 Å². The van der Waals surface area contributed by atoms with Crippen LogP contribution in [-0.2, 0) is 4.57 Å². The molecule has 2 aromatic carbocycles. The fraction of sp³-hybridized carbons (Fsp3) is 0.143. The first-order valence-corrected chi connectivity index (χ1v) is 7.62. The fourth-order valence-corrected chi connectivity index (χ4v) is 2.22. The number of ether oxygens (including phenoxy) is 1. The smallest absolute Gasteiger partial charge is 0.358 e. The summed E-state index contributed by atoms with van der Waals surface area (Å²) in [6.07, 6.45) is 0. The SMILES string of the molecule is Cc1ccc(Oc2cccc(C(O)P(=O)(O)O)c2)cc1. The Bertz CT molecular complexity index is 632. The van der Waals surface area contributed by atoms with Crippen molar-refractivity contribution in [2.24, 2.45) is 0 Å². The highest BCUT2D eigenvalue weighted by Gasteiger charge is 2.28. The van der Waals surface area contributed by atoms with Crippen molar-refractivity contribution in [3.05, 3.63) is 59.7 Å². The minimum atomic E-state index is -4.59. The van der Waals surface area contributed by atoms with Gasteiger partial charge in [-0.05, 0) is 36.8 Å². The van der Waals surface area contributed by atoms with E-state index in [2.05, 4.69) is 0 Å². The molecule has 0 aromatic heterocycles. The highest BCUT2D eigenvalue weighted by molar-refractivity contribution is 7.51. The molecule has 0 saturated heterocycles. The molecule has 0 amide bonds.